The number of anilines is 2. The maximum Gasteiger partial charge on any atom is 0.289 e. The topological polar surface area (TPSA) is 86.7 Å². The fraction of sp³-hybridized carbons (Fsp3) is 0.565. The van der Waals surface area contributed by atoms with Crippen molar-refractivity contribution in [3.05, 3.63) is 23.5 Å². The van der Waals surface area contributed by atoms with Gasteiger partial charge in [0.25, 0.3) is 11.6 Å². The molecule has 9 nitrogen and oxygen atoms in total. The number of methoxy groups -OCH3 is 1. The van der Waals surface area contributed by atoms with Crippen LogP contribution >= 0.6 is 0 Å². The lowest BCUT2D eigenvalue weighted by atomic mass is 9.86. The van der Waals surface area contributed by atoms with Gasteiger partial charge in [-0.05, 0) is 18.9 Å². The average Bonchev–Trinajstić information content (AvgIpc) is 3.16. The predicted octanol–water partition coefficient (Wildman–Crippen LogP) is 2.97. The van der Waals surface area contributed by atoms with Crippen molar-refractivity contribution in [2.24, 2.45) is 7.05 Å². The summed E-state index contributed by atoms with van der Waals surface area (Å²) in [5, 5.41) is 17.1. The van der Waals surface area contributed by atoms with Crippen LogP contribution in [0.3, 0.4) is 0 Å². The third kappa shape index (κ3) is 3.74. The number of Topliss-reactive ketones (excluding diaryl/α,β-unsaturated/α-hetero) is 1. The number of ether oxygens (including phenoxy) is 1. The molecule has 9 heteroatoms. The summed E-state index contributed by atoms with van der Waals surface area (Å²) in [4.78, 5) is 18.4. The van der Waals surface area contributed by atoms with E-state index in [2.05, 4.69) is 4.90 Å². The number of pyridine rings is 1. The van der Waals surface area contributed by atoms with E-state index in [0.717, 1.165) is 41.4 Å². The Kier molecular flexibility index (Phi) is 5.58. The van der Waals surface area contributed by atoms with Gasteiger partial charge < -0.3 is 9.64 Å². The van der Waals surface area contributed by atoms with Crippen LogP contribution in [-0.2, 0) is 11.8 Å². The van der Waals surface area contributed by atoms with Crippen molar-refractivity contribution in [3.63, 3.8) is 0 Å². The highest BCUT2D eigenvalue weighted by Crippen LogP contribution is 2.40. The normalized spacial score (nSPS) is 19.7. The Morgan fingerprint density at radius 2 is 1.91 bits per heavy atom. The lowest BCUT2D eigenvalue weighted by Gasteiger charge is -2.27. The monoisotopic (exact) mass is 439 g/mol. The predicted molar refractivity (Wildman–Crippen MR) is 120 cm³/mol. The molecule has 32 heavy (non-hydrogen) atoms. The first-order valence-corrected chi connectivity index (χ1v) is 11.5. The van der Waals surface area contributed by atoms with Gasteiger partial charge >= 0.3 is 0 Å². The molecule has 0 unspecified atom stereocenters. The van der Waals surface area contributed by atoms with Gasteiger partial charge in [0.1, 0.15) is 17.3 Å². The first kappa shape index (κ1) is 20.9. The highest BCUT2D eigenvalue weighted by Gasteiger charge is 2.35. The Hall–Kier alpha value is -2.94. The Labute approximate surface area is 187 Å². The molecule has 5 rings (SSSR count). The standard InChI is InChI=1S/C23H31N6O3/c1-26-19-14-28(15-29(31)22(19)21(25-26)16-6-4-3-5-7-16)18-8-9-20(24-23(18)32-2)27-12-10-17(30)11-13-27/h8-9,14,16,31H,3-7,10-13,15H2,1-2H3/q+1. The number of rotatable bonds is 4. The molecule has 170 valence electrons. The molecule has 1 saturated carbocycles. The molecule has 3 aliphatic rings. The van der Waals surface area contributed by atoms with Gasteiger partial charge in [-0.3, -0.25) is 14.7 Å². The maximum atomic E-state index is 11.6. The summed E-state index contributed by atoms with van der Waals surface area (Å²) in [6.07, 6.45) is 9.10. The maximum absolute atomic E-state index is 11.6. The smallest absolute Gasteiger partial charge is 0.289 e. The van der Waals surface area contributed by atoms with Crippen LogP contribution in [0.5, 0.6) is 5.88 Å². The number of aromatic nitrogens is 3. The molecule has 0 radical (unpaired) electrons. The molecule has 0 amide bonds. The van der Waals surface area contributed by atoms with E-state index in [9.17, 15) is 10.0 Å². The molecule has 1 N–H and O–H groups in total. The largest absolute Gasteiger partial charge is 0.476 e. The van der Waals surface area contributed by atoms with Crippen molar-refractivity contribution in [1.82, 2.24) is 14.8 Å². The molecule has 0 spiro atoms. The number of hydrogen-bond donors (Lipinski definition) is 1. The van der Waals surface area contributed by atoms with Crippen LogP contribution in [-0.4, -0.2) is 63.4 Å². The van der Waals surface area contributed by atoms with E-state index in [1.807, 2.05) is 34.7 Å². The van der Waals surface area contributed by atoms with E-state index < -0.39 is 0 Å². The van der Waals surface area contributed by atoms with Crippen LogP contribution in [0, 0.1) is 0 Å². The van der Waals surface area contributed by atoms with Crippen LogP contribution in [0.2, 0.25) is 0 Å². The second-order valence-corrected chi connectivity index (χ2v) is 8.94. The molecular formula is C23H31N6O3+. The highest BCUT2D eigenvalue weighted by atomic mass is 16.5. The minimum Gasteiger partial charge on any atom is -0.476 e. The van der Waals surface area contributed by atoms with E-state index in [-0.39, 0.29) is 6.67 Å². The SMILES string of the molecule is COc1nc(N2CCC(=O)CC2)ccc1[N+]1=Cc2c(c(C3CCCCC3)nn2C)N(O)C1. The van der Waals surface area contributed by atoms with Gasteiger partial charge in [0, 0.05) is 45.0 Å². The summed E-state index contributed by atoms with van der Waals surface area (Å²) in [6.45, 7) is 1.63. The number of ketones is 1. The third-order valence-corrected chi connectivity index (χ3v) is 6.88. The van der Waals surface area contributed by atoms with Crippen LogP contribution in [0.25, 0.3) is 0 Å². The van der Waals surface area contributed by atoms with Gasteiger partial charge in [-0.1, -0.05) is 19.3 Å². The summed E-state index contributed by atoms with van der Waals surface area (Å²) in [5.41, 5.74) is 3.47. The molecule has 2 aromatic rings. The van der Waals surface area contributed by atoms with Crippen LogP contribution in [0.4, 0.5) is 17.2 Å². The van der Waals surface area contributed by atoms with Crippen molar-refractivity contribution < 1.29 is 19.3 Å². The van der Waals surface area contributed by atoms with E-state index in [0.29, 0.717) is 43.5 Å². The van der Waals surface area contributed by atoms with Gasteiger partial charge in [0.15, 0.2) is 11.9 Å². The van der Waals surface area contributed by atoms with Crippen molar-refractivity contribution in [2.45, 2.75) is 50.9 Å². The second kappa shape index (κ2) is 8.54. The Morgan fingerprint density at radius 3 is 2.62 bits per heavy atom. The fourth-order valence-electron chi connectivity index (χ4n) is 5.11. The summed E-state index contributed by atoms with van der Waals surface area (Å²) in [5.74, 6) is 1.99. The van der Waals surface area contributed by atoms with E-state index in [1.54, 1.807) is 7.11 Å². The average molecular weight is 440 g/mol. The van der Waals surface area contributed by atoms with Gasteiger partial charge in [-0.15, -0.1) is 0 Å². The number of carbonyl (C=O) groups excluding carboxylic acids is 1. The van der Waals surface area contributed by atoms with E-state index in [1.165, 1.54) is 24.3 Å². The molecule has 2 aromatic heterocycles. The summed E-state index contributed by atoms with van der Waals surface area (Å²) < 4.78 is 9.41. The van der Waals surface area contributed by atoms with Gasteiger partial charge in [-0.25, -0.2) is 0 Å². The zero-order chi connectivity index (χ0) is 22.2. The first-order chi connectivity index (χ1) is 15.5. The molecule has 0 bridgehead atoms. The second-order valence-electron chi connectivity index (χ2n) is 8.94. The summed E-state index contributed by atoms with van der Waals surface area (Å²) in [7, 11) is 3.53. The minimum atomic E-state index is 0.272. The van der Waals surface area contributed by atoms with Crippen molar-refractivity contribution in [2.75, 3.05) is 36.8 Å². The summed E-state index contributed by atoms with van der Waals surface area (Å²) in [6, 6.07) is 3.92. The molecule has 2 fully saturated rings. The highest BCUT2D eigenvalue weighted by molar-refractivity contribution is 5.86. The number of hydrogen-bond acceptors (Lipinski definition) is 7. The Bertz CT molecular complexity index is 1050. The van der Waals surface area contributed by atoms with E-state index in [4.69, 9.17) is 14.8 Å². The van der Waals surface area contributed by atoms with Crippen LogP contribution < -0.4 is 14.7 Å². The number of carbonyl (C=O) groups is 1. The molecule has 0 atom stereocenters. The lowest BCUT2D eigenvalue weighted by Crippen LogP contribution is -2.35. The molecular weight excluding hydrogens is 408 g/mol. The number of aryl methyl sites for hydroxylation is 1. The van der Waals surface area contributed by atoms with Crippen molar-refractivity contribution in [1.29, 1.82) is 0 Å². The third-order valence-electron chi connectivity index (χ3n) is 6.88. The van der Waals surface area contributed by atoms with E-state index >= 15 is 0 Å². The molecule has 1 saturated heterocycles. The molecule has 1 aliphatic carbocycles. The number of fused-ring (bicyclic) bond motifs is 1. The van der Waals surface area contributed by atoms with Crippen molar-refractivity contribution >= 4 is 29.2 Å². The zero-order valence-electron chi connectivity index (χ0n) is 18.8. The molecule has 0 aromatic carbocycles. The summed E-state index contributed by atoms with van der Waals surface area (Å²) >= 11 is 0. The number of hydroxylamine groups is 1. The van der Waals surface area contributed by atoms with Gasteiger partial charge in [-0.2, -0.15) is 19.7 Å². The Morgan fingerprint density at radius 1 is 1.16 bits per heavy atom. The first-order valence-electron chi connectivity index (χ1n) is 11.5. The number of piperidine rings is 1. The fourth-order valence-corrected chi connectivity index (χ4v) is 5.11. The quantitative estimate of drug-likeness (QED) is 0.733. The minimum absolute atomic E-state index is 0.272. The van der Waals surface area contributed by atoms with Crippen LogP contribution in [0.15, 0.2) is 12.1 Å². The van der Waals surface area contributed by atoms with Gasteiger partial charge in [0.2, 0.25) is 6.67 Å². The zero-order valence-corrected chi connectivity index (χ0v) is 18.8. The van der Waals surface area contributed by atoms with Crippen molar-refractivity contribution in [3.8, 4) is 5.88 Å². The number of nitrogens with zero attached hydrogens (tertiary/aromatic N) is 6. The lowest BCUT2D eigenvalue weighted by molar-refractivity contribution is -0.445. The van der Waals surface area contributed by atoms with Crippen LogP contribution in [0.1, 0.15) is 62.3 Å². The Balaban J connectivity index is 1.47. The molecule has 2 aliphatic heterocycles. The van der Waals surface area contributed by atoms with Gasteiger partial charge in [0.05, 0.1) is 12.8 Å². The molecule has 4 heterocycles.